The van der Waals surface area contributed by atoms with E-state index in [1.165, 1.54) is 0 Å². The average Bonchev–Trinajstić information content (AvgIpc) is 2.08. The molecule has 1 aromatic rings. The molecular weight excluding hydrogens is 234 g/mol. The van der Waals surface area contributed by atoms with Crippen molar-refractivity contribution in [2.24, 2.45) is 5.73 Å². The molecule has 13 heavy (non-hydrogen) atoms. The summed E-state index contributed by atoms with van der Waals surface area (Å²) in [6, 6.07) is 4.32. The Balaban J connectivity index is 3.05. The summed E-state index contributed by atoms with van der Waals surface area (Å²) in [5.74, 6) is 0.148. The Hall–Kier alpha value is -0.580. The number of aliphatic hydroxyl groups excluding tert-OH is 1. The quantitative estimate of drug-likeness (QED) is 0.741. The third kappa shape index (κ3) is 2.43. The predicted molar refractivity (Wildman–Crippen MR) is 54.4 cm³/mol. The van der Waals surface area contributed by atoms with Gasteiger partial charge in [-0.05, 0) is 30.7 Å². The highest BCUT2D eigenvalue weighted by Gasteiger charge is 2.15. The first kappa shape index (κ1) is 10.5. The lowest BCUT2D eigenvalue weighted by molar-refractivity contribution is 0.164. The predicted octanol–water partition coefficient (Wildman–Crippen LogP) is 1.54. The number of phenols is 1. The van der Waals surface area contributed by atoms with Crippen molar-refractivity contribution in [2.75, 3.05) is 0 Å². The SMILES string of the molecule is C[C@H](O)[C@H](N)c1cc(O)ccc1Br. The lowest BCUT2D eigenvalue weighted by Gasteiger charge is -2.16. The second-order valence-corrected chi connectivity index (χ2v) is 3.83. The first-order valence-corrected chi connectivity index (χ1v) is 4.73. The van der Waals surface area contributed by atoms with Crippen LogP contribution in [0.4, 0.5) is 0 Å². The molecule has 0 aliphatic carbocycles. The van der Waals surface area contributed by atoms with Gasteiger partial charge in [0.1, 0.15) is 5.75 Å². The van der Waals surface area contributed by atoms with Gasteiger partial charge in [0.15, 0.2) is 0 Å². The van der Waals surface area contributed by atoms with Crippen LogP contribution in [0, 0.1) is 0 Å². The highest BCUT2D eigenvalue weighted by atomic mass is 79.9. The van der Waals surface area contributed by atoms with Gasteiger partial charge in [0.05, 0.1) is 12.1 Å². The van der Waals surface area contributed by atoms with Crippen LogP contribution >= 0.6 is 15.9 Å². The van der Waals surface area contributed by atoms with Crippen LogP contribution < -0.4 is 5.73 Å². The monoisotopic (exact) mass is 245 g/mol. The maximum atomic E-state index is 9.26. The maximum absolute atomic E-state index is 9.26. The van der Waals surface area contributed by atoms with Gasteiger partial charge in [-0.25, -0.2) is 0 Å². The van der Waals surface area contributed by atoms with E-state index < -0.39 is 12.1 Å². The van der Waals surface area contributed by atoms with E-state index in [1.54, 1.807) is 25.1 Å². The molecule has 0 aliphatic rings. The minimum Gasteiger partial charge on any atom is -0.508 e. The fourth-order valence-corrected chi connectivity index (χ4v) is 1.56. The Kier molecular flexibility index (Phi) is 3.30. The van der Waals surface area contributed by atoms with Gasteiger partial charge >= 0.3 is 0 Å². The van der Waals surface area contributed by atoms with E-state index in [2.05, 4.69) is 15.9 Å². The molecule has 0 heterocycles. The van der Waals surface area contributed by atoms with Crippen molar-refractivity contribution >= 4 is 15.9 Å². The van der Waals surface area contributed by atoms with Gasteiger partial charge in [0.2, 0.25) is 0 Å². The summed E-state index contributed by atoms with van der Waals surface area (Å²) >= 11 is 3.30. The molecule has 0 aliphatic heterocycles. The van der Waals surface area contributed by atoms with Crippen molar-refractivity contribution in [2.45, 2.75) is 19.1 Å². The number of rotatable bonds is 2. The summed E-state index contributed by atoms with van der Waals surface area (Å²) in [4.78, 5) is 0. The zero-order valence-electron chi connectivity index (χ0n) is 7.24. The first-order valence-electron chi connectivity index (χ1n) is 3.94. The van der Waals surface area contributed by atoms with Crippen LogP contribution in [0.25, 0.3) is 0 Å². The largest absolute Gasteiger partial charge is 0.508 e. The van der Waals surface area contributed by atoms with Crippen molar-refractivity contribution < 1.29 is 10.2 Å². The molecule has 0 radical (unpaired) electrons. The van der Waals surface area contributed by atoms with Crippen molar-refractivity contribution in [1.29, 1.82) is 0 Å². The Labute approximate surface area is 85.3 Å². The number of hydrogen-bond acceptors (Lipinski definition) is 3. The number of aromatic hydroxyl groups is 1. The molecule has 3 nitrogen and oxygen atoms in total. The topological polar surface area (TPSA) is 66.5 Å². The second kappa shape index (κ2) is 4.09. The van der Waals surface area contributed by atoms with E-state index in [0.717, 1.165) is 4.47 Å². The molecule has 0 unspecified atom stereocenters. The molecule has 4 heteroatoms. The number of nitrogens with two attached hydrogens (primary N) is 1. The molecule has 0 spiro atoms. The molecule has 72 valence electrons. The minimum absolute atomic E-state index is 0.148. The van der Waals surface area contributed by atoms with Crippen molar-refractivity contribution in [3.05, 3.63) is 28.2 Å². The molecule has 0 saturated carbocycles. The van der Waals surface area contributed by atoms with Crippen LogP contribution in [-0.4, -0.2) is 16.3 Å². The fraction of sp³-hybridized carbons (Fsp3) is 0.333. The van der Waals surface area contributed by atoms with Gasteiger partial charge in [-0.15, -0.1) is 0 Å². The zero-order valence-corrected chi connectivity index (χ0v) is 8.82. The molecule has 0 saturated heterocycles. The summed E-state index contributed by atoms with van der Waals surface area (Å²) in [5.41, 5.74) is 6.42. The first-order chi connectivity index (χ1) is 6.02. The van der Waals surface area contributed by atoms with Gasteiger partial charge in [-0.3, -0.25) is 0 Å². The Morgan fingerprint density at radius 3 is 2.62 bits per heavy atom. The van der Waals surface area contributed by atoms with Gasteiger partial charge in [-0.1, -0.05) is 15.9 Å². The highest BCUT2D eigenvalue weighted by molar-refractivity contribution is 9.10. The Morgan fingerprint density at radius 2 is 2.08 bits per heavy atom. The normalized spacial score (nSPS) is 15.4. The Morgan fingerprint density at radius 1 is 1.46 bits per heavy atom. The van der Waals surface area contributed by atoms with E-state index in [0.29, 0.717) is 5.56 Å². The van der Waals surface area contributed by atoms with E-state index >= 15 is 0 Å². The molecular formula is C9H12BrNO2. The fourth-order valence-electron chi connectivity index (χ4n) is 1.05. The van der Waals surface area contributed by atoms with E-state index in [-0.39, 0.29) is 5.75 Å². The van der Waals surface area contributed by atoms with Gasteiger partial charge < -0.3 is 15.9 Å². The third-order valence-electron chi connectivity index (χ3n) is 1.86. The van der Waals surface area contributed by atoms with E-state index in [9.17, 15) is 10.2 Å². The van der Waals surface area contributed by atoms with Crippen LogP contribution in [0.2, 0.25) is 0 Å². The van der Waals surface area contributed by atoms with Crippen molar-refractivity contribution in [3.8, 4) is 5.75 Å². The molecule has 0 bridgehead atoms. The molecule has 4 N–H and O–H groups in total. The third-order valence-corrected chi connectivity index (χ3v) is 2.58. The maximum Gasteiger partial charge on any atom is 0.115 e. The molecule has 1 aromatic carbocycles. The summed E-state index contributed by atoms with van der Waals surface area (Å²) in [5, 5.41) is 18.5. The van der Waals surface area contributed by atoms with Gasteiger partial charge in [-0.2, -0.15) is 0 Å². The van der Waals surface area contributed by atoms with E-state index in [1.807, 2.05) is 0 Å². The van der Waals surface area contributed by atoms with Crippen LogP contribution in [-0.2, 0) is 0 Å². The number of hydrogen-bond donors (Lipinski definition) is 3. The molecule has 0 aromatic heterocycles. The molecule has 1 rings (SSSR count). The smallest absolute Gasteiger partial charge is 0.115 e. The second-order valence-electron chi connectivity index (χ2n) is 2.97. The summed E-state index contributed by atoms with van der Waals surface area (Å²) in [6.07, 6.45) is -0.641. The average molecular weight is 246 g/mol. The van der Waals surface area contributed by atoms with Crippen LogP contribution in [0.5, 0.6) is 5.75 Å². The highest BCUT2D eigenvalue weighted by Crippen LogP contribution is 2.27. The van der Waals surface area contributed by atoms with Crippen LogP contribution in [0.3, 0.4) is 0 Å². The number of aliphatic hydroxyl groups is 1. The van der Waals surface area contributed by atoms with Crippen molar-refractivity contribution in [1.82, 2.24) is 0 Å². The van der Waals surface area contributed by atoms with Crippen LogP contribution in [0.15, 0.2) is 22.7 Å². The molecule has 0 amide bonds. The lowest BCUT2D eigenvalue weighted by Crippen LogP contribution is -2.23. The van der Waals surface area contributed by atoms with Crippen LogP contribution in [0.1, 0.15) is 18.5 Å². The summed E-state index contributed by atoms with van der Waals surface area (Å²) < 4.78 is 0.790. The molecule has 2 atom stereocenters. The van der Waals surface area contributed by atoms with Gasteiger partial charge in [0.25, 0.3) is 0 Å². The van der Waals surface area contributed by atoms with Gasteiger partial charge in [0, 0.05) is 4.47 Å². The van der Waals surface area contributed by atoms with Crippen molar-refractivity contribution in [3.63, 3.8) is 0 Å². The standard InChI is InChI=1S/C9H12BrNO2/c1-5(12)9(11)7-4-6(13)2-3-8(7)10/h2-5,9,12-13H,11H2,1H3/t5-,9-/m0/s1. The zero-order chi connectivity index (χ0) is 10.0. The summed E-state index contributed by atoms with van der Waals surface area (Å²) in [7, 11) is 0. The minimum atomic E-state index is -0.641. The molecule has 0 fully saturated rings. The summed E-state index contributed by atoms with van der Waals surface area (Å²) in [6.45, 7) is 1.61. The lowest BCUT2D eigenvalue weighted by atomic mass is 10.0. The Bertz CT molecular complexity index is 302. The number of phenolic OH excluding ortho intramolecular Hbond substituents is 1. The number of halogens is 1. The number of benzene rings is 1. The van der Waals surface area contributed by atoms with E-state index in [4.69, 9.17) is 5.73 Å².